The molecule has 1 aliphatic heterocycles. The molecule has 0 aliphatic carbocycles. The van der Waals surface area contributed by atoms with Crippen LogP contribution >= 0.6 is 0 Å². The van der Waals surface area contributed by atoms with Gasteiger partial charge in [0.2, 0.25) is 5.91 Å². The fraction of sp³-hybridized carbons (Fsp3) is 0.929. The van der Waals surface area contributed by atoms with E-state index >= 15 is 0 Å². The Bertz CT molecular complexity index is 273. The first-order valence-corrected chi connectivity index (χ1v) is 7.29. The molecule has 1 fully saturated rings. The maximum absolute atomic E-state index is 12.1. The fourth-order valence-corrected chi connectivity index (χ4v) is 2.16. The van der Waals surface area contributed by atoms with Gasteiger partial charge in [0.25, 0.3) is 0 Å². The lowest BCUT2D eigenvalue weighted by Gasteiger charge is -2.21. The largest absolute Gasteiger partial charge is 0.378 e. The molecular formula is C14H29N3O2. The van der Waals surface area contributed by atoms with E-state index in [1.54, 1.807) is 4.90 Å². The third-order valence-electron chi connectivity index (χ3n) is 3.75. The number of carbonyl (C=O) groups is 1. The van der Waals surface area contributed by atoms with Crippen LogP contribution in [0.2, 0.25) is 0 Å². The Kier molecular flexibility index (Phi) is 7.34. The van der Waals surface area contributed by atoms with Gasteiger partial charge in [0.15, 0.2) is 0 Å². The molecule has 0 aromatic rings. The average Bonchev–Trinajstić information content (AvgIpc) is 2.83. The summed E-state index contributed by atoms with van der Waals surface area (Å²) >= 11 is 0. The first-order chi connectivity index (χ1) is 9.04. The number of nitrogens with one attached hydrogen (secondary N) is 1. The van der Waals surface area contributed by atoms with Crippen molar-refractivity contribution in [2.24, 2.45) is 5.92 Å². The van der Waals surface area contributed by atoms with Crippen LogP contribution in [0.25, 0.3) is 0 Å². The standard InChI is InChI=1S/C14H29N3O2/c1-5-16(3)6-8-19-9-7-17(4)14(18)13-10-12(2)11-15-13/h12-13,15H,5-11H2,1-4H3/t12-,13-/m0/s1. The number of amides is 1. The Balaban J connectivity index is 2.10. The summed E-state index contributed by atoms with van der Waals surface area (Å²) < 4.78 is 5.55. The van der Waals surface area contributed by atoms with Gasteiger partial charge >= 0.3 is 0 Å². The van der Waals surface area contributed by atoms with Crippen LogP contribution in [0, 0.1) is 5.92 Å². The molecule has 2 atom stereocenters. The van der Waals surface area contributed by atoms with E-state index in [1.165, 1.54) is 0 Å². The summed E-state index contributed by atoms with van der Waals surface area (Å²) in [6.07, 6.45) is 0.950. The maximum Gasteiger partial charge on any atom is 0.239 e. The zero-order valence-corrected chi connectivity index (χ0v) is 12.8. The van der Waals surface area contributed by atoms with Gasteiger partial charge in [0.1, 0.15) is 0 Å². The molecule has 0 spiro atoms. The molecule has 0 radical (unpaired) electrons. The lowest BCUT2D eigenvalue weighted by Crippen LogP contribution is -2.42. The number of rotatable bonds is 8. The minimum Gasteiger partial charge on any atom is -0.378 e. The lowest BCUT2D eigenvalue weighted by molar-refractivity contribution is -0.132. The van der Waals surface area contributed by atoms with Crippen LogP contribution in [0.3, 0.4) is 0 Å². The maximum atomic E-state index is 12.1. The van der Waals surface area contributed by atoms with Crippen LogP contribution in [0.5, 0.6) is 0 Å². The molecule has 0 aromatic heterocycles. The minimum absolute atomic E-state index is 0.00576. The Morgan fingerprint density at radius 2 is 2.00 bits per heavy atom. The van der Waals surface area contributed by atoms with Gasteiger partial charge < -0.3 is 19.9 Å². The normalized spacial score (nSPS) is 23.0. The Morgan fingerprint density at radius 3 is 2.58 bits per heavy atom. The quantitative estimate of drug-likeness (QED) is 0.650. The number of ether oxygens (including phenoxy) is 1. The molecule has 1 amide bonds. The van der Waals surface area contributed by atoms with E-state index in [0.717, 1.165) is 32.7 Å². The zero-order chi connectivity index (χ0) is 14.3. The summed E-state index contributed by atoms with van der Waals surface area (Å²) in [6.45, 7) is 9.23. The monoisotopic (exact) mass is 271 g/mol. The number of nitrogens with zero attached hydrogens (tertiary/aromatic N) is 2. The molecule has 5 nitrogen and oxygen atoms in total. The van der Waals surface area contributed by atoms with Crippen molar-refractivity contribution in [3.8, 4) is 0 Å². The molecule has 0 aromatic carbocycles. The minimum atomic E-state index is 0.00576. The van der Waals surface area contributed by atoms with Crippen molar-refractivity contribution in [1.29, 1.82) is 0 Å². The molecule has 1 saturated heterocycles. The molecule has 0 saturated carbocycles. The van der Waals surface area contributed by atoms with E-state index in [0.29, 0.717) is 19.1 Å². The summed E-state index contributed by atoms with van der Waals surface area (Å²) in [5.41, 5.74) is 0. The van der Waals surface area contributed by atoms with E-state index in [4.69, 9.17) is 4.74 Å². The SMILES string of the molecule is CCN(C)CCOCCN(C)C(=O)[C@@H]1C[C@H](C)CN1. The summed E-state index contributed by atoms with van der Waals surface area (Å²) in [5.74, 6) is 0.793. The zero-order valence-electron chi connectivity index (χ0n) is 12.8. The van der Waals surface area contributed by atoms with Gasteiger partial charge in [-0.25, -0.2) is 0 Å². The van der Waals surface area contributed by atoms with Crippen molar-refractivity contribution in [2.75, 3.05) is 53.5 Å². The second kappa shape index (κ2) is 8.51. The Morgan fingerprint density at radius 1 is 1.32 bits per heavy atom. The first kappa shape index (κ1) is 16.4. The third-order valence-corrected chi connectivity index (χ3v) is 3.75. The van der Waals surface area contributed by atoms with Crippen molar-refractivity contribution in [3.05, 3.63) is 0 Å². The van der Waals surface area contributed by atoms with Crippen LogP contribution in [0.4, 0.5) is 0 Å². The van der Waals surface area contributed by atoms with Crippen LogP contribution in [0.1, 0.15) is 20.3 Å². The summed E-state index contributed by atoms with van der Waals surface area (Å²) in [5, 5.41) is 3.27. The van der Waals surface area contributed by atoms with E-state index in [9.17, 15) is 4.79 Å². The van der Waals surface area contributed by atoms with Gasteiger partial charge in [-0.1, -0.05) is 13.8 Å². The summed E-state index contributed by atoms with van der Waals surface area (Å²) in [6, 6.07) is 0.00576. The summed E-state index contributed by atoms with van der Waals surface area (Å²) in [4.78, 5) is 16.1. The van der Waals surface area contributed by atoms with E-state index in [-0.39, 0.29) is 11.9 Å². The predicted molar refractivity (Wildman–Crippen MR) is 77.2 cm³/mol. The molecule has 112 valence electrons. The van der Waals surface area contributed by atoms with Crippen LogP contribution < -0.4 is 5.32 Å². The van der Waals surface area contributed by atoms with Crippen LogP contribution in [-0.2, 0) is 9.53 Å². The van der Waals surface area contributed by atoms with Crippen molar-refractivity contribution >= 4 is 5.91 Å². The molecule has 1 rings (SSSR count). The lowest BCUT2D eigenvalue weighted by atomic mass is 10.1. The van der Waals surface area contributed by atoms with Gasteiger partial charge in [-0.15, -0.1) is 0 Å². The molecule has 0 unspecified atom stereocenters. The predicted octanol–water partition coefficient (Wildman–Crippen LogP) is 0.411. The molecule has 1 aliphatic rings. The number of hydrogen-bond donors (Lipinski definition) is 1. The highest BCUT2D eigenvalue weighted by molar-refractivity contribution is 5.82. The average molecular weight is 271 g/mol. The second-order valence-corrected chi connectivity index (χ2v) is 5.57. The topological polar surface area (TPSA) is 44.8 Å². The highest BCUT2D eigenvalue weighted by Crippen LogP contribution is 2.14. The van der Waals surface area contributed by atoms with Crippen LogP contribution in [0.15, 0.2) is 0 Å². The molecule has 0 bridgehead atoms. The molecular weight excluding hydrogens is 242 g/mol. The number of likely N-dealkylation sites (N-methyl/N-ethyl adjacent to an activating group) is 2. The molecule has 19 heavy (non-hydrogen) atoms. The van der Waals surface area contributed by atoms with Gasteiger partial charge in [0, 0.05) is 20.1 Å². The molecule has 1 heterocycles. The highest BCUT2D eigenvalue weighted by atomic mass is 16.5. The highest BCUT2D eigenvalue weighted by Gasteiger charge is 2.28. The Labute approximate surface area is 117 Å². The van der Waals surface area contributed by atoms with Gasteiger partial charge in [-0.3, -0.25) is 4.79 Å². The van der Waals surface area contributed by atoms with Gasteiger partial charge in [0.05, 0.1) is 19.3 Å². The van der Waals surface area contributed by atoms with Crippen molar-refractivity contribution < 1.29 is 9.53 Å². The smallest absolute Gasteiger partial charge is 0.239 e. The molecule has 5 heteroatoms. The van der Waals surface area contributed by atoms with Crippen molar-refractivity contribution in [2.45, 2.75) is 26.3 Å². The van der Waals surface area contributed by atoms with E-state index in [1.807, 2.05) is 7.05 Å². The van der Waals surface area contributed by atoms with E-state index < -0.39 is 0 Å². The van der Waals surface area contributed by atoms with Gasteiger partial charge in [-0.05, 0) is 32.5 Å². The number of carbonyl (C=O) groups excluding carboxylic acids is 1. The first-order valence-electron chi connectivity index (χ1n) is 7.29. The fourth-order valence-electron chi connectivity index (χ4n) is 2.16. The summed E-state index contributed by atoms with van der Waals surface area (Å²) in [7, 11) is 3.93. The van der Waals surface area contributed by atoms with E-state index in [2.05, 4.69) is 31.1 Å². The van der Waals surface area contributed by atoms with Crippen molar-refractivity contribution in [1.82, 2.24) is 15.1 Å². The molecule has 1 N–H and O–H groups in total. The van der Waals surface area contributed by atoms with Gasteiger partial charge in [-0.2, -0.15) is 0 Å². The van der Waals surface area contributed by atoms with Crippen molar-refractivity contribution in [3.63, 3.8) is 0 Å². The second-order valence-electron chi connectivity index (χ2n) is 5.57. The third kappa shape index (κ3) is 5.89. The Hall–Kier alpha value is -0.650. The van der Waals surface area contributed by atoms with Crippen LogP contribution in [-0.4, -0.2) is 75.2 Å². The number of hydrogen-bond acceptors (Lipinski definition) is 4.